The molecule has 0 atom stereocenters. The van der Waals surface area contributed by atoms with Crippen molar-refractivity contribution >= 4 is 24.0 Å². The molecule has 2 aromatic rings. The second-order valence-electron chi connectivity index (χ2n) is 5.12. The molecule has 0 unspecified atom stereocenters. The Morgan fingerprint density at radius 1 is 1.04 bits per heavy atom. The maximum atomic E-state index is 11.6. The predicted molar refractivity (Wildman–Crippen MR) is 77.9 cm³/mol. The van der Waals surface area contributed by atoms with Gasteiger partial charge in [0.05, 0.1) is 5.56 Å². The van der Waals surface area contributed by atoms with Crippen LogP contribution in [0.25, 0.3) is 17.4 Å². The molecule has 7 nitrogen and oxygen atoms in total. The molecule has 2 N–H and O–H groups in total. The van der Waals surface area contributed by atoms with Gasteiger partial charge in [-0.25, -0.2) is 9.59 Å². The second kappa shape index (κ2) is 4.84. The smallest absolute Gasteiger partial charge is 0.338 e. The van der Waals surface area contributed by atoms with E-state index >= 15 is 0 Å². The molecule has 3 heterocycles. The summed E-state index contributed by atoms with van der Waals surface area (Å²) in [7, 11) is 0. The Balaban J connectivity index is 1.65. The third kappa shape index (κ3) is 2.28. The molecule has 0 saturated carbocycles. The lowest BCUT2D eigenvalue weighted by Gasteiger charge is -1.99. The van der Waals surface area contributed by atoms with Crippen molar-refractivity contribution in [3.8, 4) is 11.3 Å². The zero-order valence-electron chi connectivity index (χ0n) is 11.7. The quantitative estimate of drug-likeness (QED) is 0.501. The third-order valence-corrected chi connectivity index (χ3v) is 3.61. The Bertz CT molecular complexity index is 894. The Morgan fingerprint density at radius 3 is 2.70 bits per heavy atom. The molecule has 1 aromatic heterocycles. The first-order chi connectivity index (χ1) is 11.1. The molecule has 23 heavy (non-hydrogen) atoms. The van der Waals surface area contributed by atoms with E-state index in [1.165, 1.54) is 6.08 Å². The van der Waals surface area contributed by atoms with E-state index in [9.17, 15) is 14.4 Å². The third-order valence-electron chi connectivity index (χ3n) is 3.61. The van der Waals surface area contributed by atoms with Gasteiger partial charge in [-0.3, -0.25) is 10.1 Å². The number of benzene rings is 1. The van der Waals surface area contributed by atoms with Crippen LogP contribution in [0, 0.1) is 0 Å². The van der Waals surface area contributed by atoms with Gasteiger partial charge in [0.25, 0.3) is 5.91 Å². The summed E-state index contributed by atoms with van der Waals surface area (Å²) in [5.74, 6) is 0.105. The molecular weight excluding hydrogens is 300 g/mol. The van der Waals surface area contributed by atoms with Gasteiger partial charge in [-0.05, 0) is 18.2 Å². The van der Waals surface area contributed by atoms with Crippen molar-refractivity contribution < 1.29 is 23.5 Å². The molecule has 0 radical (unpaired) electrons. The van der Waals surface area contributed by atoms with Crippen molar-refractivity contribution in [2.75, 3.05) is 0 Å². The fraction of sp³-hybridized carbons (Fsp3) is 0.0625. The lowest BCUT2D eigenvalue weighted by molar-refractivity contribution is -0.115. The second-order valence-corrected chi connectivity index (χ2v) is 5.12. The largest absolute Gasteiger partial charge is 0.457 e. The molecule has 114 valence electrons. The van der Waals surface area contributed by atoms with Crippen LogP contribution in [0.3, 0.4) is 0 Å². The average Bonchev–Trinajstić information content (AvgIpc) is 3.21. The number of hydrogen-bond donors (Lipinski definition) is 2. The van der Waals surface area contributed by atoms with Gasteiger partial charge in [0, 0.05) is 17.2 Å². The van der Waals surface area contributed by atoms with E-state index in [-0.39, 0.29) is 11.7 Å². The highest BCUT2D eigenvalue weighted by molar-refractivity contribution is 6.13. The van der Waals surface area contributed by atoms with E-state index in [4.69, 9.17) is 9.15 Å². The number of amides is 3. The first-order valence-corrected chi connectivity index (χ1v) is 6.84. The minimum atomic E-state index is -0.565. The monoisotopic (exact) mass is 310 g/mol. The summed E-state index contributed by atoms with van der Waals surface area (Å²) in [6.45, 7) is 0.290. The van der Waals surface area contributed by atoms with Gasteiger partial charge in [0.2, 0.25) is 0 Å². The standard InChI is InChI=1S/C16H10N2O5/c19-14-12(17-16(21)18-14)6-10-3-4-13(23-10)8-1-2-9-7-22-15(20)11(9)5-8/h1-6H,7H2,(H2,17,18,19,21). The fourth-order valence-corrected chi connectivity index (χ4v) is 2.48. The van der Waals surface area contributed by atoms with E-state index in [0.717, 1.165) is 11.1 Å². The first kappa shape index (κ1) is 13.3. The molecule has 2 aliphatic rings. The molecule has 2 aliphatic heterocycles. The molecule has 0 spiro atoms. The zero-order valence-corrected chi connectivity index (χ0v) is 11.7. The average molecular weight is 310 g/mol. The Labute approximate surface area is 129 Å². The fourth-order valence-electron chi connectivity index (χ4n) is 2.48. The van der Waals surface area contributed by atoms with Gasteiger partial charge in [-0.2, -0.15) is 0 Å². The first-order valence-electron chi connectivity index (χ1n) is 6.84. The predicted octanol–water partition coefficient (Wildman–Crippen LogP) is 1.80. The number of esters is 1. The number of hydrogen-bond acceptors (Lipinski definition) is 5. The number of carbonyl (C=O) groups excluding carboxylic acids is 3. The number of carbonyl (C=O) groups is 3. The summed E-state index contributed by atoms with van der Waals surface area (Å²) in [6.07, 6.45) is 1.44. The molecule has 4 rings (SSSR count). The van der Waals surface area contributed by atoms with E-state index in [0.29, 0.717) is 23.7 Å². The summed E-state index contributed by atoms with van der Waals surface area (Å²) in [5, 5.41) is 4.49. The number of nitrogens with one attached hydrogen (secondary N) is 2. The normalized spacial score (nSPS) is 17.9. The number of ether oxygens (including phenoxy) is 1. The van der Waals surface area contributed by atoms with Gasteiger partial charge in [-0.15, -0.1) is 0 Å². The minimum Gasteiger partial charge on any atom is -0.457 e. The Hall–Kier alpha value is -3.35. The van der Waals surface area contributed by atoms with Gasteiger partial charge in [0.1, 0.15) is 23.8 Å². The molecule has 1 fully saturated rings. The molecule has 1 saturated heterocycles. The lowest BCUT2D eigenvalue weighted by atomic mass is 10.0. The van der Waals surface area contributed by atoms with Crippen LogP contribution in [0.5, 0.6) is 0 Å². The van der Waals surface area contributed by atoms with Crippen molar-refractivity contribution in [3.63, 3.8) is 0 Å². The maximum Gasteiger partial charge on any atom is 0.338 e. The highest BCUT2D eigenvalue weighted by Gasteiger charge is 2.24. The summed E-state index contributed by atoms with van der Waals surface area (Å²) in [4.78, 5) is 34.1. The maximum absolute atomic E-state index is 11.6. The lowest BCUT2D eigenvalue weighted by Crippen LogP contribution is -2.22. The van der Waals surface area contributed by atoms with Crippen molar-refractivity contribution in [1.29, 1.82) is 0 Å². The topological polar surface area (TPSA) is 97.6 Å². The van der Waals surface area contributed by atoms with Crippen molar-refractivity contribution in [1.82, 2.24) is 10.6 Å². The van der Waals surface area contributed by atoms with E-state index in [1.54, 1.807) is 18.2 Å². The zero-order chi connectivity index (χ0) is 16.0. The van der Waals surface area contributed by atoms with Crippen molar-refractivity contribution in [2.45, 2.75) is 6.61 Å². The molecular formula is C16H10N2O5. The number of urea groups is 1. The van der Waals surface area contributed by atoms with Crippen LogP contribution in [0.1, 0.15) is 21.7 Å². The van der Waals surface area contributed by atoms with Crippen LogP contribution in [-0.2, 0) is 16.1 Å². The summed E-state index contributed by atoms with van der Waals surface area (Å²) in [5.41, 5.74) is 2.22. The van der Waals surface area contributed by atoms with Crippen LogP contribution >= 0.6 is 0 Å². The van der Waals surface area contributed by atoms with Gasteiger partial charge >= 0.3 is 12.0 Å². The van der Waals surface area contributed by atoms with E-state index in [2.05, 4.69) is 10.6 Å². The highest BCUT2D eigenvalue weighted by atomic mass is 16.5. The number of fused-ring (bicyclic) bond motifs is 1. The van der Waals surface area contributed by atoms with Gasteiger partial charge < -0.3 is 14.5 Å². The minimum absolute atomic E-state index is 0.119. The van der Waals surface area contributed by atoms with Crippen LogP contribution < -0.4 is 10.6 Å². The molecule has 0 aliphatic carbocycles. The summed E-state index contributed by atoms with van der Waals surface area (Å²) >= 11 is 0. The van der Waals surface area contributed by atoms with Crippen molar-refractivity contribution in [3.05, 3.63) is 52.9 Å². The van der Waals surface area contributed by atoms with Gasteiger partial charge in [0.15, 0.2) is 0 Å². The molecule has 1 aromatic carbocycles. The van der Waals surface area contributed by atoms with Crippen LogP contribution in [0.4, 0.5) is 4.79 Å². The Morgan fingerprint density at radius 2 is 1.91 bits per heavy atom. The van der Waals surface area contributed by atoms with Crippen LogP contribution in [0.15, 0.2) is 40.4 Å². The van der Waals surface area contributed by atoms with Crippen LogP contribution in [0.2, 0.25) is 0 Å². The van der Waals surface area contributed by atoms with Crippen LogP contribution in [-0.4, -0.2) is 17.9 Å². The molecule has 7 heteroatoms. The highest BCUT2D eigenvalue weighted by Crippen LogP contribution is 2.28. The van der Waals surface area contributed by atoms with Gasteiger partial charge in [-0.1, -0.05) is 12.1 Å². The van der Waals surface area contributed by atoms with E-state index < -0.39 is 11.9 Å². The number of furan rings is 1. The van der Waals surface area contributed by atoms with E-state index in [1.807, 2.05) is 12.1 Å². The molecule has 3 amide bonds. The summed E-state index contributed by atoms with van der Waals surface area (Å²) in [6, 6.07) is 8.20. The Kier molecular flexibility index (Phi) is 2.80. The number of rotatable bonds is 2. The molecule has 0 bridgehead atoms. The number of imide groups is 1. The number of cyclic esters (lactones) is 1. The van der Waals surface area contributed by atoms with Crippen molar-refractivity contribution in [2.24, 2.45) is 0 Å². The SMILES string of the molecule is O=C1NC(=O)C(=Cc2ccc(-c3ccc4c(c3)C(=O)OC4)o2)N1. The summed E-state index contributed by atoms with van der Waals surface area (Å²) < 4.78 is 10.6.